The smallest absolute Gasteiger partial charge is 0.331 e. The summed E-state index contributed by atoms with van der Waals surface area (Å²) in [6, 6.07) is 5.30. The average molecular weight is 372 g/mol. The Labute approximate surface area is 152 Å². The number of thiazole rings is 1. The highest BCUT2D eigenvalue weighted by molar-refractivity contribution is 7.17. The van der Waals surface area contributed by atoms with Crippen LogP contribution < -0.4 is 5.56 Å². The third-order valence-corrected chi connectivity index (χ3v) is 6.08. The number of ether oxygens (including phenoxy) is 1. The molecule has 4 rings (SSSR count). The van der Waals surface area contributed by atoms with Crippen LogP contribution in [0.5, 0.6) is 0 Å². The standard InChI is InChI=1S/C18H16N2O3S2/c21-16-10-12(11-23-17(22)8-7-13-4-3-9-24-13)19-18-20(16)14-5-1-2-6-15(14)25-18/h3-4,7-10H,1-2,5-6,11H2/b8-7+. The van der Waals surface area contributed by atoms with Gasteiger partial charge >= 0.3 is 5.97 Å². The van der Waals surface area contributed by atoms with Crippen LogP contribution in [0.2, 0.25) is 0 Å². The number of nitrogens with zero attached hydrogens (tertiary/aromatic N) is 2. The summed E-state index contributed by atoms with van der Waals surface area (Å²) < 4.78 is 6.91. The minimum atomic E-state index is -0.444. The summed E-state index contributed by atoms with van der Waals surface area (Å²) in [4.78, 5) is 31.7. The Bertz CT molecular complexity index is 999. The van der Waals surface area contributed by atoms with Crippen molar-refractivity contribution in [2.24, 2.45) is 0 Å². The number of fused-ring (bicyclic) bond motifs is 3. The maximum Gasteiger partial charge on any atom is 0.331 e. The molecule has 0 bridgehead atoms. The minimum absolute atomic E-state index is 0.00191. The molecule has 128 valence electrons. The van der Waals surface area contributed by atoms with Gasteiger partial charge in [-0.15, -0.1) is 22.7 Å². The van der Waals surface area contributed by atoms with E-state index in [2.05, 4.69) is 4.98 Å². The van der Waals surface area contributed by atoms with E-state index < -0.39 is 5.97 Å². The highest BCUT2D eigenvalue weighted by Gasteiger charge is 2.18. The normalized spacial score (nSPS) is 14.1. The Morgan fingerprint density at radius 2 is 2.24 bits per heavy atom. The summed E-state index contributed by atoms with van der Waals surface area (Å²) >= 11 is 3.12. The average Bonchev–Trinajstić information content (AvgIpc) is 3.25. The first kappa shape index (κ1) is 16.2. The van der Waals surface area contributed by atoms with E-state index in [9.17, 15) is 9.59 Å². The van der Waals surface area contributed by atoms with Gasteiger partial charge < -0.3 is 4.74 Å². The molecule has 3 heterocycles. The van der Waals surface area contributed by atoms with Crippen molar-refractivity contribution in [1.29, 1.82) is 0 Å². The minimum Gasteiger partial charge on any atom is -0.456 e. The Kier molecular flexibility index (Phi) is 4.50. The van der Waals surface area contributed by atoms with E-state index in [-0.39, 0.29) is 12.2 Å². The van der Waals surface area contributed by atoms with E-state index in [0.29, 0.717) is 10.7 Å². The van der Waals surface area contributed by atoms with Crippen LogP contribution in [-0.2, 0) is 29.0 Å². The van der Waals surface area contributed by atoms with Gasteiger partial charge in [-0.05, 0) is 43.2 Å². The number of hydrogen-bond acceptors (Lipinski definition) is 6. The largest absolute Gasteiger partial charge is 0.456 e. The molecule has 0 radical (unpaired) electrons. The lowest BCUT2D eigenvalue weighted by molar-refractivity contribution is -0.139. The van der Waals surface area contributed by atoms with Gasteiger partial charge in [0, 0.05) is 27.6 Å². The molecule has 0 aliphatic heterocycles. The van der Waals surface area contributed by atoms with Crippen LogP contribution >= 0.6 is 22.7 Å². The molecule has 1 aliphatic rings. The molecule has 0 atom stereocenters. The molecule has 0 spiro atoms. The molecule has 0 N–H and O–H groups in total. The number of thiophene rings is 1. The molecule has 5 nitrogen and oxygen atoms in total. The van der Waals surface area contributed by atoms with Gasteiger partial charge in [0.05, 0.1) is 5.69 Å². The fraction of sp³-hybridized carbons (Fsp3) is 0.278. The van der Waals surface area contributed by atoms with Gasteiger partial charge in [0.25, 0.3) is 5.56 Å². The number of aryl methyl sites for hydroxylation is 2. The maximum atomic E-state index is 12.4. The lowest BCUT2D eigenvalue weighted by Gasteiger charge is -2.10. The fourth-order valence-corrected chi connectivity index (χ4v) is 4.80. The second-order valence-electron chi connectivity index (χ2n) is 5.84. The molecule has 0 unspecified atom stereocenters. The lowest BCUT2D eigenvalue weighted by Crippen LogP contribution is -2.18. The topological polar surface area (TPSA) is 60.7 Å². The Balaban J connectivity index is 1.50. The molecule has 0 fully saturated rings. The number of hydrogen-bond donors (Lipinski definition) is 0. The van der Waals surface area contributed by atoms with Crippen molar-refractivity contribution in [2.75, 3.05) is 0 Å². The summed E-state index contributed by atoms with van der Waals surface area (Å²) in [6.07, 6.45) is 7.32. The number of rotatable bonds is 4. The highest BCUT2D eigenvalue weighted by atomic mass is 32.1. The highest BCUT2D eigenvalue weighted by Crippen LogP contribution is 2.28. The van der Waals surface area contributed by atoms with Gasteiger partial charge in [0.15, 0.2) is 4.96 Å². The predicted octanol–water partition coefficient (Wildman–Crippen LogP) is 3.45. The third-order valence-electron chi connectivity index (χ3n) is 4.10. The first-order chi connectivity index (χ1) is 12.2. The Hall–Kier alpha value is -2.25. The first-order valence-electron chi connectivity index (χ1n) is 8.12. The molecule has 0 amide bonds. The van der Waals surface area contributed by atoms with Crippen molar-refractivity contribution in [3.63, 3.8) is 0 Å². The molecule has 0 saturated heterocycles. The van der Waals surface area contributed by atoms with Crippen LogP contribution in [-0.4, -0.2) is 15.4 Å². The zero-order valence-electron chi connectivity index (χ0n) is 13.4. The van der Waals surface area contributed by atoms with E-state index in [4.69, 9.17) is 4.74 Å². The summed E-state index contributed by atoms with van der Waals surface area (Å²) in [5.74, 6) is -0.444. The van der Waals surface area contributed by atoms with Crippen molar-refractivity contribution in [3.05, 3.63) is 61.2 Å². The zero-order chi connectivity index (χ0) is 17.2. The van der Waals surface area contributed by atoms with Crippen LogP contribution in [0.1, 0.15) is 34.0 Å². The van der Waals surface area contributed by atoms with Gasteiger partial charge in [-0.3, -0.25) is 9.20 Å². The van der Waals surface area contributed by atoms with Crippen molar-refractivity contribution in [3.8, 4) is 0 Å². The molecule has 7 heteroatoms. The molecule has 0 saturated carbocycles. The molecule has 1 aliphatic carbocycles. The van der Waals surface area contributed by atoms with Crippen LogP contribution in [0, 0.1) is 0 Å². The van der Waals surface area contributed by atoms with E-state index in [1.165, 1.54) is 17.0 Å². The molecular formula is C18H16N2O3S2. The van der Waals surface area contributed by atoms with Crippen molar-refractivity contribution >= 4 is 39.7 Å². The van der Waals surface area contributed by atoms with Gasteiger partial charge in [-0.2, -0.15) is 0 Å². The van der Waals surface area contributed by atoms with Crippen LogP contribution in [0.3, 0.4) is 0 Å². The van der Waals surface area contributed by atoms with E-state index >= 15 is 0 Å². The molecule has 3 aromatic rings. The van der Waals surface area contributed by atoms with Crippen molar-refractivity contribution in [1.82, 2.24) is 9.38 Å². The van der Waals surface area contributed by atoms with Gasteiger partial charge in [0.2, 0.25) is 0 Å². The van der Waals surface area contributed by atoms with E-state index in [1.807, 2.05) is 17.5 Å². The van der Waals surface area contributed by atoms with Gasteiger partial charge in [-0.1, -0.05) is 6.07 Å². The van der Waals surface area contributed by atoms with Crippen LogP contribution in [0.4, 0.5) is 0 Å². The Morgan fingerprint density at radius 3 is 3.08 bits per heavy atom. The summed E-state index contributed by atoms with van der Waals surface area (Å²) in [7, 11) is 0. The molecule has 0 aromatic carbocycles. The van der Waals surface area contributed by atoms with Gasteiger partial charge in [0.1, 0.15) is 6.61 Å². The monoisotopic (exact) mass is 372 g/mol. The predicted molar refractivity (Wildman–Crippen MR) is 99.1 cm³/mol. The first-order valence-corrected chi connectivity index (χ1v) is 9.82. The summed E-state index contributed by atoms with van der Waals surface area (Å²) in [5.41, 5.74) is 1.50. The quantitative estimate of drug-likeness (QED) is 0.520. The lowest BCUT2D eigenvalue weighted by atomic mass is 10.0. The number of esters is 1. The third kappa shape index (κ3) is 3.43. The SMILES string of the molecule is O=C(/C=C/c1cccs1)OCc1cc(=O)n2c3c(sc2n1)CCCC3. The van der Waals surface area contributed by atoms with E-state index in [1.54, 1.807) is 33.2 Å². The molecule has 25 heavy (non-hydrogen) atoms. The number of carbonyl (C=O) groups is 1. The Morgan fingerprint density at radius 1 is 1.36 bits per heavy atom. The van der Waals surface area contributed by atoms with Crippen LogP contribution in [0.15, 0.2) is 34.4 Å². The summed E-state index contributed by atoms with van der Waals surface area (Å²) in [5, 5.41) is 1.94. The fourth-order valence-electron chi connectivity index (χ4n) is 2.95. The second kappa shape index (κ2) is 6.93. The zero-order valence-corrected chi connectivity index (χ0v) is 15.1. The number of aromatic nitrogens is 2. The maximum absolute atomic E-state index is 12.4. The molecule has 3 aromatic heterocycles. The van der Waals surface area contributed by atoms with E-state index in [0.717, 1.165) is 36.3 Å². The van der Waals surface area contributed by atoms with Gasteiger partial charge in [-0.25, -0.2) is 9.78 Å². The summed E-state index contributed by atoms with van der Waals surface area (Å²) in [6.45, 7) is 0.00191. The molecular weight excluding hydrogens is 356 g/mol. The van der Waals surface area contributed by atoms with Crippen molar-refractivity contribution < 1.29 is 9.53 Å². The van der Waals surface area contributed by atoms with Crippen molar-refractivity contribution in [2.45, 2.75) is 32.3 Å². The van der Waals surface area contributed by atoms with Crippen LogP contribution in [0.25, 0.3) is 11.0 Å². The second-order valence-corrected chi connectivity index (χ2v) is 7.88. The number of carbonyl (C=O) groups excluding carboxylic acids is 1.